The molecule has 1 fully saturated rings. The monoisotopic (exact) mass is 288 g/mol. The van der Waals surface area contributed by atoms with E-state index in [-0.39, 0.29) is 5.46 Å². The van der Waals surface area contributed by atoms with Crippen LogP contribution in [0, 0.1) is 5.82 Å². The third kappa shape index (κ3) is 2.65. The van der Waals surface area contributed by atoms with Gasteiger partial charge in [0.05, 0.1) is 11.2 Å². The highest BCUT2D eigenvalue weighted by molar-refractivity contribution is 6.63. The number of ether oxygens (including phenoxy) is 1. The first-order valence-electron chi connectivity index (χ1n) is 6.23. The molecule has 1 saturated heterocycles. The summed E-state index contributed by atoms with van der Waals surface area (Å²) in [5.41, 5.74) is -1.18. The summed E-state index contributed by atoms with van der Waals surface area (Å²) in [5.74, 6) is -1.42. The van der Waals surface area contributed by atoms with E-state index in [1.807, 2.05) is 27.7 Å². The minimum absolute atomic E-state index is 0.115. The molecule has 2 rings (SSSR count). The Hall–Kier alpha value is -1.21. The number of hydrogen-bond donors (Lipinski definition) is 0. The molecule has 0 aromatic heterocycles. The number of hydrogen-bond acceptors (Lipinski definition) is 3. The number of alkyl halides is 2. The van der Waals surface area contributed by atoms with Gasteiger partial charge in [0, 0.05) is 5.46 Å². The van der Waals surface area contributed by atoms with Crippen molar-refractivity contribution in [2.45, 2.75) is 45.5 Å². The molecule has 1 heterocycles. The van der Waals surface area contributed by atoms with E-state index < -0.39 is 36.5 Å². The SMILES string of the molecule is CC1(C)OB(c2cccc(F)c2OC(F)F)OC1(C)C. The topological polar surface area (TPSA) is 27.7 Å². The van der Waals surface area contributed by atoms with Crippen LogP contribution in [0.5, 0.6) is 5.75 Å². The van der Waals surface area contributed by atoms with E-state index in [2.05, 4.69) is 4.74 Å². The van der Waals surface area contributed by atoms with Gasteiger partial charge < -0.3 is 14.0 Å². The molecular formula is C13H16BF3O3. The highest BCUT2D eigenvalue weighted by Crippen LogP contribution is 2.37. The van der Waals surface area contributed by atoms with Crippen LogP contribution in [0.3, 0.4) is 0 Å². The number of rotatable bonds is 3. The van der Waals surface area contributed by atoms with E-state index >= 15 is 0 Å². The zero-order chi connectivity index (χ0) is 15.1. The molecule has 110 valence electrons. The zero-order valence-electron chi connectivity index (χ0n) is 11.7. The Morgan fingerprint density at radius 3 is 2.15 bits per heavy atom. The van der Waals surface area contributed by atoms with E-state index in [0.29, 0.717) is 0 Å². The average Bonchev–Trinajstić information content (AvgIpc) is 2.50. The Labute approximate surface area is 116 Å². The van der Waals surface area contributed by atoms with E-state index in [1.165, 1.54) is 12.1 Å². The average molecular weight is 288 g/mol. The first-order valence-corrected chi connectivity index (χ1v) is 6.23. The Morgan fingerprint density at radius 2 is 1.65 bits per heavy atom. The van der Waals surface area contributed by atoms with Crippen LogP contribution in [0.25, 0.3) is 0 Å². The van der Waals surface area contributed by atoms with Crippen molar-refractivity contribution in [3.63, 3.8) is 0 Å². The molecule has 1 aromatic rings. The van der Waals surface area contributed by atoms with Crippen molar-refractivity contribution in [3.8, 4) is 5.75 Å². The Kier molecular flexibility index (Phi) is 3.77. The molecule has 0 unspecified atom stereocenters. The summed E-state index contributed by atoms with van der Waals surface area (Å²) < 4.78 is 54.2. The summed E-state index contributed by atoms with van der Waals surface area (Å²) in [6.07, 6.45) is 0. The van der Waals surface area contributed by atoms with Gasteiger partial charge in [-0.3, -0.25) is 0 Å². The smallest absolute Gasteiger partial charge is 0.432 e. The molecule has 0 atom stereocenters. The summed E-state index contributed by atoms with van der Waals surface area (Å²) in [4.78, 5) is 0. The Morgan fingerprint density at radius 1 is 1.10 bits per heavy atom. The predicted octanol–water partition coefficient (Wildman–Crippen LogP) is 2.73. The first kappa shape index (κ1) is 15.2. The van der Waals surface area contributed by atoms with Crippen molar-refractivity contribution in [2.75, 3.05) is 0 Å². The van der Waals surface area contributed by atoms with Crippen LogP contribution >= 0.6 is 0 Å². The van der Waals surface area contributed by atoms with Crippen LogP contribution in [0.2, 0.25) is 0 Å². The second kappa shape index (κ2) is 4.97. The molecule has 1 aliphatic heterocycles. The molecule has 0 amide bonds. The molecule has 0 radical (unpaired) electrons. The van der Waals surface area contributed by atoms with Crippen molar-refractivity contribution < 1.29 is 27.2 Å². The minimum Gasteiger partial charge on any atom is -0.432 e. The van der Waals surface area contributed by atoms with Gasteiger partial charge in [0.15, 0.2) is 11.6 Å². The Balaban J connectivity index is 2.37. The van der Waals surface area contributed by atoms with Gasteiger partial charge in [-0.1, -0.05) is 12.1 Å². The summed E-state index contributed by atoms with van der Waals surface area (Å²) in [5, 5.41) is 0. The van der Waals surface area contributed by atoms with Gasteiger partial charge in [-0.25, -0.2) is 4.39 Å². The highest BCUT2D eigenvalue weighted by Gasteiger charge is 2.52. The van der Waals surface area contributed by atoms with Crippen LogP contribution < -0.4 is 10.2 Å². The molecule has 0 bridgehead atoms. The molecule has 0 aliphatic carbocycles. The predicted molar refractivity (Wildman–Crippen MR) is 68.7 cm³/mol. The van der Waals surface area contributed by atoms with Crippen molar-refractivity contribution in [3.05, 3.63) is 24.0 Å². The lowest BCUT2D eigenvalue weighted by atomic mass is 9.78. The summed E-state index contributed by atoms with van der Waals surface area (Å²) in [6, 6.07) is 3.89. The molecule has 7 heteroatoms. The van der Waals surface area contributed by atoms with E-state index in [1.54, 1.807) is 0 Å². The molecule has 0 saturated carbocycles. The van der Waals surface area contributed by atoms with Crippen LogP contribution in [-0.2, 0) is 9.31 Å². The van der Waals surface area contributed by atoms with E-state index in [4.69, 9.17) is 9.31 Å². The lowest BCUT2D eigenvalue weighted by molar-refractivity contribution is -0.0515. The lowest BCUT2D eigenvalue weighted by Crippen LogP contribution is -2.41. The third-order valence-electron chi connectivity index (χ3n) is 3.71. The molecule has 20 heavy (non-hydrogen) atoms. The van der Waals surface area contributed by atoms with Gasteiger partial charge in [0.1, 0.15) is 0 Å². The molecule has 1 aliphatic rings. The fraction of sp³-hybridized carbons (Fsp3) is 0.538. The molecule has 1 aromatic carbocycles. The molecule has 0 spiro atoms. The fourth-order valence-corrected chi connectivity index (χ4v) is 1.89. The van der Waals surface area contributed by atoms with Gasteiger partial charge >= 0.3 is 13.7 Å². The van der Waals surface area contributed by atoms with Crippen LogP contribution in [0.15, 0.2) is 18.2 Å². The molecular weight excluding hydrogens is 272 g/mol. The van der Waals surface area contributed by atoms with Gasteiger partial charge in [-0.05, 0) is 33.8 Å². The van der Waals surface area contributed by atoms with Crippen molar-refractivity contribution in [2.24, 2.45) is 0 Å². The van der Waals surface area contributed by atoms with E-state index in [0.717, 1.165) is 6.07 Å². The maximum Gasteiger partial charge on any atom is 0.498 e. The normalized spacial score (nSPS) is 20.5. The van der Waals surface area contributed by atoms with Gasteiger partial charge in [-0.2, -0.15) is 8.78 Å². The van der Waals surface area contributed by atoms with E-state index in [9.17, 15) is 13.2 Å². The summed E-state index contributed by atoms with van der Waals surface area (Å²) in [6.45, 7) is 4.16. The third-order valence-corrected chi connectivity index (χ3v) is 3.71. The van der Waals surface area contributed by atoms with Gasteiger partial charge in [-0.15, -0.1) is 0 Å². The maximum atomic E-state index is 13.7. The van der Waals surface area contributed by atoms with Crippen molar-refractivity contribution >= 4 is 12.6 Å². The number of benzene rings is 1. The largest absolute Gasteiger partial charge is 0.498 e. The quantitative estimate of drug-likeness (QED) is 0.800. The van der Waals surface area contributed by atoms with Crippen LogP contribution in [-0.4, -0.2) is 24.9 Å². The first-order chi connectivity index (χ1) is 9.14. The van der Waals surface area contributed by atoms with Crippen LogP contribution in [0.1, 0.15) is 27.7 Å². The second-order valence-electron chi connectivity index (χ2n) is 5.62. The highest BCUT2D eigenvalue weighted by atomic mass is 19.3. The summed E-state index contributed by atoms with van der Waals surface area (Å²) >= 11 is 0. The number of para-hydroxylation sites is 1. The number of halogens is 3. The fourth-order valence-electron chi connectivity index (χ4n) is 1.89. The lowest BCUT2D eigenvalue weighted by Gasteiger charge is -2.32. The standard InChI is InChI=1S/C13H16BF3O3/c1-12(2)13(3,4)20-14(19-12)8-6-5-7-9(15)10(8)18-11(16)17/h5-7,11H,1-4H3. The minimum atomic E-state index is -3.12. The van der Waals surface area contributed by atoms with Crippen molar-refractivity contribution in [1.82, 2.24) is 0 Å². The zero-order valence-corrected chi connectivity index (χ0v) is 11.7. The van der Waals surface area contributed by atoms with Crippen LogP contribution in [0.4, 0.5) is 13.2 Å². The maximum absolute atomic E-state index is 13.7. The second-order valence-corrected chi connectivity index (χ2v) is 5.62. The van der Waals surface area contributed by atoms with Crippen molar-refractivity contribution in [1.29, 1.82) is 0 Å². The molecule has 3 nitrogen and oxygen atoms in total. The van der Waals surface area contributed by atoms with Gasteiger partial charge in [0.25, 0.3) is 0 Å². The Bertz CT molecular complexity index is 490. The molecule has 0 N–H and O–H groups in total. The summed E-state index contributed by atoms with van der Waals surface area (Å²) in [7, 11) is -0.954. The van der Waals surface area contributed by atoms with Gasteiger partial charge in [0.2, 0.25) is 0 Å².